The Bertz CT molecular complexity index is 1110. The molecule has 9 heteroatoms. The lowest BCUT2D eigenvalue weighted by molar-refractivity contribution is -0.0114. The third kappa shape index (κ3) is 3.91. The molecular weight excluding hydrogens is 477 g/mol. The first kappa shape index (κ1) is 21.1. The number of rotatable bonds is 5. The molecule has 2 heterocycles. The number of ether oxygens (including phenoxy) is 1. The highest BCUT2D eigenvalue weighted by Crippen LogP contribution is 2.36. The molecule has 3 aromatic rings. The summed E-state index contributed by atoms with van der Waals surface area (Å²) in [6.45, 7) is 2.67. The zero-order valence-corrected chi connectivity index (χ0v) is 18.5. The second kappa shape index (κ2) is 8.53. The van der Waals surface area contributed by atoms with Crippen LogP contribution in [0.25, 0.3) is 11.0 Å². The van der Waals surface area contributed by atoms with Crippen LogP contribution < -0.4 is 5.32 Å². The molecule has 0 aliphatic carbocycles. The smallest absolute Gasteiger partial charge is 0.338 e. The number of benzene rings is 2. The number of anilines is 2. The van der Waals surface area contributed by atoms with E-state index in [2.05, 4.69) is 26.2 Å². The summed E-state index contributed by atoms with van der Waals surface area (Å²) in [7, 11) is 0. The normalized spacial score (nSPS) is 17.8. The van der Waals surface area contributed by atoms with Crippen molar-refractivity contribution in [3.05, 3.63) is 51.5 Å². The summed E-state index contributed by atoms with van der Waals surface area (Å²) in [6.07, 6.45) is 4.51. The fourth-order valence-corrected chi connectivity index (χ4v) is 4.51. The van der Waals surface area contributed by atoms with Crippen LogP contribution in [0.2, 0.25) is 5.02 Å². The monoisotopic (exact) mass is 495 g/mol. The number of hydrogen-bond donors (Lipinski definition) is 2. The van der Waals surface area contributed by atoms with Crippen LogP contribution >= 0.6 is 27.5 Å². The summed E-state index contributed by atoms with van der Waals surface area (Å²) in [5, 5.41) is 12.9. The molecule has 1 aliphatic rings. The lowest BCUT2D eigenvalue weighted by Crippen LogP contribution is -2.28. The predicted molar refractivity (Wildman–Crippen MR) is 117 cm³/mol. The molecule has 4 rings (SSSR count). The Morgan fingerprint density at radius 2 is 2.23 bits per heavy atom. The van der Waals surface area contributed by atoms with Crippen LogP contribution in [0.3, 0.4) is 0 Å². The number of carboxylic acid groups (broad SMARTS) is 1. The van der Waals surface area contributed by atoms with E-state index in [1.807, 2.05) is 6.92 Å². The van der Waals surface area contributed by atoms with Crippen LogP contribution in [0.4, 0.5) is 15.8 Å². The van der Waals surface area contributed by atoms with Gasteiger partial charge >= 0.3 is 5.97 Å². The SMILES string of the molecule is CC(C1CCCCO1)n1cnc2c(F)c(Nc3ccc(Br)cc3Cl)c(C(=O)O)cc21. The molecule has 0 saturated carbocycles. The van der Waals surface area contributed by atoms with Gasteiger partial charge in [-0.3, -0.25) is 0 Å². The maximum absolute atomic E-state index is 15.4. The first-order valence-corrected chi connectivity index (χ1v) is 10.8. The van der Waals surface area contributed by atoms with E-state index in [9.17, 15) is 9.90 Å². The van der Waals surface area contributed by atoms with Crippen LogP contribution in [-0.4, -0.2) is 33.3 Å². The highest BCUT2D eigenvalue weighted by molar-refractivity contribution is 9.10. The lowest BCUT2D eigenvalue weighted by Gasteiger charge is -2.29. The molecule has 30 heavy (non-hydrogen) atoms. The third-order valence-corrected chi connectivity index (χ3v) is 6.23. The molecule has 6 nitrogen and oxygen atoms in total. The van der Waals surface area contributed by atoms with Crippen molar-refractivity contribution in [3.8, 4) is 0 Å². The van der Waals surface area contributed by atoms with Crippen LogP contribution in [0.15, 0.2) is 35.1 Å². The quantitative estimate of drug-likeness (QED) is 0.442. The van der Waals surface area contributed by atoms with E-state index in [0.29, 0.717) is 22.8 Å². The van der Waals surface area contributed by atoms with Crippen molar-refractivity contribution in [2.24, 2.45) is 0 Å². The predicted octanol–water partition coefficient (Wildman–Crippen LogP) is 6.16. The summed E-state index contributed by atoms with van der Waals surface area (Å²) < 4.78 is 23.8. The average Bonchev–Trinajstić information content (AvgIpc) is 3.15. The number of carbonyl (C=O) groups is 1. The number of hydrogen-bond acceptors (Lipinski definition) is 4. The van der Waals surface area contributed by atoms with Crippen LogP contribution in [0, 0.1) is 5.82 Å². The van der Waals surface area contributed by atoms with Crippen LogP contribution in [0.1, 0.15) is 42.6 Å². The molecule has 2 unspecified atom stereocenters. The molecule has 2 atom stereocenters. The number of fused-ring (bicyclic) bond motifs is 1. The van der Waals surface area contributed by atoms with Crippen molar-refractivity contribution in [2.45, 2.75) is 38.3 Å². The van der Waals surface area contributed by atoms with E-state index in [-0.39, 0.29) is 28.9 Å². The largest absolute Gasteiger partial charge is 0.478 e. The van der Waals surface area contributed by atoms with Gasteiger partial charge in [-0.2, -0.15) is 0 Å². The number of nitrogens with zero attached hydrogens (tertiary/aromatic N) is 2. The minimum absolute atomic E-state index is 0.0214. The van der Waals surface area contributed by atoms with Crippen molar-refractivity contribution >= 4 is 55.9 Å². The van der Waals surface area contributed by atoms with E-state index >= 15 is 4.39 Å². The van der Waals surface area contributed by atoms with Gasteiger partial charge in [-0.1, -0.05) is 27.5 Å². The summed E-state index contributed by atoms with van der Waals surface area (Å²) in [5.74, 6) is -1.99. The minimum atomic E-state index is -1.25. The van der Waals surface area contributed by atoms with E-state index in [1.54, 1.807) is 29.1 Å². The van der Waals surface area contributed by atoms with Gasteiger partial charge in [0.15, 0.2) is 5.82 Å². The second-order valence-electron chi connectivity index (χ2n) is 7.33. The van der Waals surface area contributed by atoms with E-state index in [4.69, 9.17) is 16.3 Å². The van der Waals surface area contributed by atoms with Crippen LogP contribution in [-0.2, 0) is 4.74 Å². The Morgan fingerprint density at radius 3 is 2.90 bits per heavy atom. The van der Waals surface area contributed by atoms with Crippen molar-refractivity contribution in [1.29, 1.82) is 0 Å². The van der Waals surface area contributed by atoms with Gasteiger partial charge in [0.1, 0.15) is 5.52 Å². The summed E-state index contributed by atoms with van der Waals surface area (Å²) in [6, 6.07) is 6.36. The first-order valence-electron chi connectivity index (χ1n) is 9.63. The lowest BCUT2D eigenvalue weighted by atomic mass is 10.0. The average molecular weight is 497 g/mol. The van der Waals surface area contributed by atoms with Gasteiger partial charge < -0.3 is 19.7 Å². The Balaban J connectivity index is 1.79. The standard InChI is InChI=1S/C21H20BrClFN3O3/c1-11(17-4-2-3-7-30-17)27-10-25-20-16(27)9-13(21(28)29)19(18(20)24)26-15-6-5-12(22)8-14(15)23/h5-6,8-11,17,26H,2-4,7H2,1H3,(H,28,29). The number of imidazole rings is 1. The summed E-state index contributed by atoms with van der Waals surface area (Å²) >= 11 is 9.53. The maximum Gasteiger partial charge on any atom is 0.338 e. The fourth-order valence-electron chi connectivity index (χ4n) is 3.79. The number of aromatic nitrogens is 2. The van der Waals surface area contributed by atoms with E-state index < -0.39 is 11.8 Å². The Labute approximate surface area is 186 Å². The van der Waals surface area contributed by atoms with Gasteiger partial charge in [-0.15, -0.1) is 0 Å². The Hall–Kier alpha value is -2.16. The van der Waals surface area contributed by atoms with Crippen molar-refractivity contribution in [3.63, 3.8) is 0 Å². The molecule has 0 amide bonds. The Kier molecular flexibility index (Phi) is 5.99. The first-order chi connectivity index (χ1) is 14.4. The van der Waals surface area contributed by atoms with Crippen LogP contribution in [0.5, 0.6) is 0 Å². The van der Waals surface area contributed by atoms with Crippen molar-refractivity contribution < 1.29 is 19.0 Å². The molecule has 158 valence electrons. The van der Waals surface area contributed by atoms with Crippen molar-refractivity contribution in [1.82, 2.24) is 9.55 Å². The molecule has 0 bridgehead atoms. The molecule has 0 spiro atoms. The van der Waals surface area contributed by atoms with Gasteiger partial charge in [-0.05, 0) is 50.5 Å². The maximum atomic E-state index is 15.4. The number of aromatic carboxylic acids is 1. The highest BCUT2D eigenvalue weighted by atomic mass is 79.9. The zero-order chi connectivity index (χ0) is 21.4. The molecule has 2 N–H and O–H groups in total. The second-order valence-corrected chi connectivity index (χ2v) is 8.66. The molecule has 1 fully saturated rings. The number of carboxylic acids is 1. The van der Waals surface area contributed by atoms with E-state index in [1.165, 1.54) is 6.07 Å². The van der Waals surface area contributed by atoms with Crippen molar-refractivity contribution in [2.75, 3.05) is 11.9 Å². The Morgan fingerprint density at radius 1 is 1.43 bits per heavy atom. The molecule has 1 aromatic heterocycles. The van der Waals surface area contributed by atoms with Gasteiger partial charge in [-0.25, -0.2) is 14.2 Å². The number of nitrogens with one attached hydrogen (secondary N) is 1. The van der Waals surface area contributed by atoms with Gasteiger partial charge in [0.25, 0.3) is 0 Å². The molecule has 1 aliphatic heterocycles. The molecule has 2 aromatic carbocycles. The molecule has 0 radical (unpaired) electrons. The third-order valence-electron chi connectivity index (χ3n) is 5.42. The summed E-state index contributed by atoms with van der Waals surface area (Å²) in [5.41, 5.74) is 0.532. The molecular formula is C21H20BrClFN3O3. The highest BCUT2D eigenvalue weighted by Gasteiger charge is 2.27. The fraction of sp³-hybridized carbons (Fsp3) is 0.333. The van der Waals surface area contributed by atoms with Gasteiger partial charge in [0.2, 0.25) is 0 Å². The minimum Gasteiger partial charge on any atom is -0.478 e. The van der Waals surface area contributed by atoms with Gasteiger partial charge in [0.05, 0.1) is 46.0 Å². The summed E-state index contributed by atoms with van der Waals surface area (Å²) in [4.78, 5) is 16.2. The number of halogens is 3. The van der Waals surface area contributed by atoms with E-state index in [0.717, 1.165) is 23.7 Å². The topological polar surface area (TPSA) is 76.4 Å². The molecule has 1 saturated heterocycles. The zero-order valence-electron chi connectivity index (χ0n) is 16.2. The van der Waals surface area contributed by atoms with Gasteiger partial charge in [0, 0.05) is 11.1 Å².